The zero-order valence-electron chi connectivity index (χ0n) is 12.8. The maximum atomic E-state index is 13.0. The summed E-state index contributed by atoms with van der Waals surface area (Å²) in [6.07, 6.45) is 2.37. The van der Waals surface area contributed by atoms with Gasteiger partial charge in [-0.15, -0.1) is 0 Å². The zero-order valence-corrected chi connectivity index (χ0v) is 12.8. The molecule has 2 aliphatic heterocycles. The van der Waals surface area contributed by atoms with Crippen molar-refractivity contribution in [1.29, 1.82) is 0 Å². The molecular formula is C17H19FN2O3. The van der Waals surface area contributed by atoms with Gasteiger partial charge in [0.25, 0.3) is 0 Å². The average molecular weight is 318 g/mol. The lowest BCUT2D eigenvalue weighted by Gasteiger charge is -2.33. The highest BCUT2D eigenvalue weighted by Crippen LogP contribution is 2.23. The van der Waals surface area contributed by atoms with E-state index < -0.39 is 6.04 Å². The lowest BCUT2D eigenvalue weighted by atomic mass is 9.89. The van der Waals surface area contributed by atoms with Crippen molar-refractivity contribution in [3.8, 4) is 0 Å². The van der Waals surface area contributed by atoms with E-state index in [1.807, 2.05) is 0 Å². The molecule has 0 saturated carbocycles. The summed E-state index contributed by atoms with van der Waals surface area (Å²) in [4.78, 5) is 37.9. The highest BCUT2D eigenvalue weighted by atomic mass is 19.1. The molecule has 2 saturated heterocycles. The smallest absolute Gasteiger partial charge is 0.245 e. The molecule has 0 unspecified atom stereocenters. The number of benzene rings is 1. The van der Waals surface area contributed by atoms with Crippen molar-refractivity contribution < 1.29 is 18.8 Å². The molecule has 2 heterocycles. The number of carbonyl (C=O) groups excluding carboxylic acids is 3. The first kappa shape index (κ1) is 15.6. The topological polar surface area (TPSA) is 66.5 Å². The van der Waals surface area contributed by atoms with Crippen LogP contribution in [0.2, 0.25) is 0 Å². The Bertz CT molecular complexity index is 629. The number of halogens is 1. The second-order valence-corrected chi connectivity index (χ2v) is 6.15. The number of rotatable bonds is 3. The first-order valence-electron chi connectivity index (χ1n) is 7.92. The molecule has 2 amide bonds. The molecule has 122 valence electrons. The first-order valence-corrected chi connectivity index (χ1v) is 7.92. The second kappa shape index (κ2) is 6.48. The van der Waals surface area contributed by atoms with E-state index in [2.05, 4.69) is 5.32 Å². The molecule has 23 heavy (non-hydrogen) atoms. The molecule has 5 nitrogen and oxygen atoms in total. The van der Waals surface area contributed by atoms with Gasteiger partial charge in [0.2, 0.25) is 11.8 Å². The van der Waals surface area contributed by atoms with Crippen molar-refractivity contribution in [2.45, 2.75) is 31.7 Å². The van der Waals surface area contributed by atoms with Crippen molar-refractivity contribution in [1.82, 2.24) is 10.2 Å². The van der Waals surface area contributed by atoms with Gasteiger partial charge in [0.05, 0.1) is 0 Å². The van der Waals surface area contributed by atoms with Crippen LogP contribution in [-0.4, -0.2) is 41.6 Å². The Morgan fingerprint density at radius 2 is 1.91 bits per heavy atom. The van der Waals surface area contributed by atoms with Crippen LogP contribution in [-0.2, 0) is 9.59 Å². The van der Waals surface area contributed by atoms with Gasteiger partial charge < -0.3 is 10.2 Å². The number of ketones is 1. The van der Waals surface area contributed by atoms with Crippen molar-refractivity contribution >= 4 is 17.6 Å². The lowest BCUT2D eigenvalue weighted by molar-refractivity contribution is -0.135. The number of hydrogen-bond acceptors (Lipinski definition) is 3. The van der Waals surface area contributed by atoms with E-state index >= 15 is 0 Å². The fourth-order valence-electron chi connectivity index (χ4n) is 3.26. The fraction of sp³-hybridized carbons (Fsp3) is 0.471. The van der Waals surface area contributed by atoms with Crippen LogP contribution in [0.3, 0.4) is 0 Å². The predicted molar refractivity (Wildman–Crippen MR) is 81.2 cm³/mol. The summed E-state index contributed by atoms with van der Waals surface area (Å²) >= 11 is 0. The van der Waals surface area contributed by atoms with Crippen LogP contribution >= 0.6 is 0 Å². The number of carbonyl (C=O) groups is 3. The molecule has 1 aromatic rings. The number of piperidine rings is 1. The van der Waals surface area contributed by atoms with Crippen LogP contribution in [0.4, 0.5) is 4.39 Å². The summed E-state index contributed by atoms with van der Waals surface area (Å²) in [5.74, 6) is -0.904. The maximum absolute atomic E-state index is 13.0. The Morgan fingerprint density at radius 1 is 1.17 bits per heavy atom. The largest absolute Gasteiger partial charge is 0.344 e. The van der Waals surface area contributed by atoms with E-state index in [-0.39, 0.29) is 29.3 Å². The molecule has 0 bridgehead atoms. The van der Waals surface area contributed by atoms with E-state index in [0.717, 1.165) is 12.8 Å². The number of likely N-dealkylation sites (tertiary alicyclic amines) is 1. The van der Waals surface area contributed by atoms with Crippen LogP contribution in [0, 0.1) is 11.7 Å². The van der Waals surface area contributed by atoms with Gasteiger partial charge in [-0.1, -0.05) is 0 Å². The Morgan fingerprint density at radius 3 is 2.57 bits per heavy atom. The summed E-state index contributed by atoms with van der Waals surface area (Å²) in [6.45, 7) is 0.972. The van der Waals surface area contributed by atoms with Gasteiger partial charge in [0, 0.05) is 31.0 Å². The van der Waals surface area contributed by atoms with Gasteiger partial charge in [-0.05, 0) is 43.5 Å². The molecule has 6 heteroatoms. The zero-order chi connectivity index (χ0) is 16.4. The third-order valence-electron chi connectivity index (χ3n) is 4.53. The molecule has 0 spiro atoms. The Kier molecular flexibility index (Phi) is 4.41. The van der Waals surface area contributed by atoms with Crippen molar-refractivity contribution in [3.63, 3.8) is 0 Å². The van der Waals surface area contributed by atoms with Crippen molar-refractivity contribution in [2.24, 2.45) is 5.92 Å². The fourth-order valence-corrected chi connectivity index (χ4v) is 3.26. The first-order chi connectivity index (χ1) is 11.0. The summed E-state index contributed by atoms with van der Waals surface area (Å²) < 4.78 is 13.0. The van der Waals surface area contributed by atoms with Crippen molar-refractivity contribution in [2.75, 3.05) is 13.1 Å². The van der Waals surface area contributed by atoms with Crippen LogP contribution in [0.15, 0.2) is 24.3 Å². The number of Topliss-reactive ketones (excluding diaryl/α,β-unsaturated/α-hetero) is 1. The standard InChI is InChI=1S/C17H19FN2O3/c18-13-5-3-11(4-6-13)16(22)12-2-1-9-20(10-12)17(23)14-7-8-15(21)19-14/h3-6,12,14H,1-2,7-10H2,(H,19,21)/t12-,14-/m1/s1. The number of nitrogens with one attached hydrogen (secondary N) is 1. The normalized spacial score (nSPS) is 24.4. The van der Waals surface area contributed by atoms with E-state index in [9.17, 15) is 18.8 Å². The second-order valence-electron chi connectivity index (χ2n) is 6.15. The molecule has 0 aromatic heterocycles. The molecule has 0 aliphatic carbocycles. The van der Waals surface area contributed by atoms with Gasteiger partial charge >= 0.3 is 0 Å². The molecule has 1 N–H and O–H groups in total. The lowest BCUT2D eigenvalue weighted by Crippen LogP contribution is -2.49. The van der Waals surface area contributed by atoms with Gasteiger partial charge in [0.15, 0.2) is 5.78 Å². The van der Waals surface area contributed by atoms with Crippen molar-refractivity contribution in [3.05, 3.63) is 35.6 Å². The highest BCUT2D eigenvalue weighted by Gasteiger charge is 2.34. The molecule has 0 radical (unpaired) electrons. The minimum Gasteiger partial charge on any atom is -0.344 e. The summed E-state index contributed by atoms with van der Waals surface area (Å²) in [5, 5.41) is 2.68. The summed E-state index contributed by atoms with van der Waals surface area (Å²) in [5.41, 5.74) is 0.472. The van der Waals surface area contributed by atoms with Gasteiger partial charge in [-0.2, -0.15) is 0 Å². The quantitative estimate of drug-likeness (QED) is 0.860. The minimum atomic E-state index is -0.456. The molecule has 2 aliphatic rings. The van der Waals surface area contributed by atoms with Crippen LogP contribution in [0.25, 0.3) is 0 Å². The molecule has 1 aromatic carbocycles. The van der Waals surface area contributed by atoms with Gasteiger partial charge in [-0.25, -0.2) is 4.39 Å². The van der Waals surface area contributed by atoms with Gasteiger partial charge in [0.1, 0.15) is 11.9 Å². The van der Waals surface area contributed by atoms with Gasteiger partial charge in [-0.3, -0.25) is 14.4 Å². The molecule has 2 atom stereocenters. The molecular weight excluding hydrogens is 299 g/mol. The highest BCUT2D eigenvalue weighted by molar-refractivity contribution is 5.98. The Balaban J connectivity index is 1.65. The monoisotopic (exact) mass is 318 g/mol. The van der Waals surface area contributed by atoms with E-state index in [1.165, 1.54) is 24.3 Å². The number of amides is 2. The third kappa shape index (κ3) is 3.41. The average Bonchev–Trinajstić information content (AvgIpc) is 3.01. The Labute approximate surface area is 133 Å². The molecule has 2 fully saturated rings. The van der Waals surface area contributed by atoms with E-state index in [4.69, 9.17) is 0 Å². The molecule has 3 rings (SSSR count). The van der Waals surface area contributed by atoms with E-state index in [0.29, 0.717) is 31.5 Å². The number of hydrogen-bond donors (Lipinski definition) is 1. The summed E-state index contributed by atoms with van der Waals surface area (Å²) in [6, 6.07) is 5.05. The minimum absolute atomic E-state index is 0.0574. The predicted octanol–water partition coefficient (Wildman–Crippen LogP) is 1.53. The summed E-state index contributed by atoms with van der Waals surface area (Å²) in [7, 11) is 0. The SMILES string of the molecule is O=C1CC[C@H](C(=O)N2CCC[C@@H](C(=O)c3ccc(F)cc3)C2)N1. The number of nitrogens with zero attached hydrogens (tertiary/aromatic N) is 1. The third-order valence-corrected chi connectivity index (χ3v) is 4.53. The van der Waals surface area contributed by atoms with Crippen LogP contribution in [0.1, 0.15) is 36.0 Å². The van der Waals surface area contributed by atoms with Crippen LogP contribution in [0.5, 0.6) is 0 Å². The van der Waals surface area contributed by atoms with Crippen LogP contribution < -0.4 is 5.32 Å². The Hall–Kier alpha value is -2.24. The maximum Gasteiger partial charge on any atom is 0.245 e. The van der Waals surface area contributed by atoms with E-state index in [1.54, 1.807) is 4.90 Å².